The monoisotopic (exact) mass is 263 g/mol. The summed E-state index contributed by atoms with van der Waals surface area (Å²) in [5.74, 6) is -2.66. The Labute approximate surface area is 106 Å². The fourth-order valence-electron chi connectivity index (χ4n) is 1.91. The molecule has 0 spiro atoms. The predicted octanol–water partition coefficient (Wildman–Crippen LogP) is -0.176. The molecule has 8 heteroatoms. The highest BCUT2D eigenvalue weighted by Gasteiger charge is 2.33. The normalized spacial score (nSPS) is 18.2. The van der Waals surface area contributed by atoms with E-state index in [1.807, 2.05) is 0 Å². The summed E-state index contributed by atoms with van der Waals surface area (Å²) in [6.45, 7) is 0. The lowest BCUT2D eigenvalue weighted by atomic mass is 9.95. The van der Waals surface area contributed by atoms with Crippen molar-refractivity contribution in [3.63, 3.8) is 0 Å². The van der Waals surface area contributed by atoms with Gasteiger partial charge in [0.2, 0.25) is 17.7 Å². The van der Waals surface area contributed by atoms with Gasteiger partial charge in [-0.2, -0.15) is 0 Å². The van der Waals surface area contributed by atoms with Crippen LogP contribution in [0.4, 0.5) is 5.69 Å². The first-order valence-corrected chi connectivity index (χ1v) is 5.31. The molecule has 1 saturated heterocycles. The van der Waals surface area contributed by atoms with Gasteiger partial charge in [-0.15, -0.1) is 0 Å². The van der Waals surface area contributed by atoms with Crippen molar-refractivity contribution >= 4 is 23.4 Å². The molecule has 0 aliphatic carbocycles. The van der Waals surface area contributed by atoms with Gasteiger partial charge in [-0.3, -0.25) is 29.8 Å². The summed E-state index contributed by atoms with van der Waals surface area (Å²) in [6, 6.07) is 3.48. The number of hydrogen-bond acceptors (Lipinski definition) is 5. The Bertz CT molecular complexity index is 578. The number of carbonyl (C=O) groups is 3. The van der Waals surface area contributed by atoms with Crippen molar-refractivity contribution in [3.05, 3.63) is 39.4 Å². The van der Waals surface area contributed by atoms with Crippen LogP contribution in [0.2, 0.25) is 0 Å². The molecule has 0 aromatic heterocycles. The van der Waals surface area contributed by atoms with Crippen LogP contribution in [0, 0.1) is 10.1 Å². The van der Waals surface area contributed by atoms with Gasteiger partial charge in [-0.25, -0.2) is 0 Å². The third-order valence-electron chi connectivity index (χ3n) is 2.81. The molecule has 1 fully saturated rings. The number of carbonyl (C=O) groups excluding carboxylic acids is 3. The van der Waals surface area contributed by atoms with E-state index in [2.05, 4.69) is 5.32 Å². The molecule has 1 aromatic rings. The maximum Gasteiger partial charge on any atom is 0.270 e. The Hall–Kier alpha value is -2.77. The molecule has 8 nitrogen and oxygen atoms in total. The highest BCUT2D eigenvalue weighted by Crippen LogP contribution is 2.28. The van der Waals surface area contributed by atoms with Gasteiger partial charge < -0.3 is 5.73 Å². The summed E-state index contributed by atoms with van der Waals surface area (Å²) in [7, 11) is 0. The summed E-state index contributed by atoms with van der Waals surface area (Å²) in [4.78, 5) is 43.9. The molecule has 3 amide bonds. The van der Waals surface area contributed by atoms with E-state index in [9.17, 15) is 24.5 Å². The molecule has 98 valence electrons. The molecule has 2 rings (SSSR count). The lowest BCUT2D eigenvalue weighted by molar-refractivity contribution is -0.384. The van der Waals surface area contributed by atoms with Crippen molar-refractivity contribution in [2.24, 2.45) is 5.73 Å². The van der Waals surface area contributed by atoms with Crippen LogP contribution in [0.25, 0.3) is 0 Å². The number of nitrogens with one attached hydrogen (secondary N) is 1. The van der Waals surface area contributed by atoms with Crippen LogP contribution < -0.4 is 11.1 Å². The molecule has 1 aliphatic heterocycles. The van der Waals surface area contributed by atoms with E-state index in [1.54, 1.807) is 0 Å². The fourth-order valence-corrected chi connectivity index (χ4v) is 1.91. The molecular formula is C11H9N3O5. The first-order valence-electron chi connectivity index (χ1n) is 5.31. The number of primary amides is 1. The molecule has 1 aromatic carbocycles. The van der Waals surface area contributed by atoms with Crippen molar-refractivity contribution in [2.45, 2.75) is 12.3 Å². The zero-order chi connectivity index (χ0) is 14.2. The largest absolute Gasteiger partial charge is 0.366 e. The first-order chi connectivity index (χ1) is 8.88. The minimum absolute atomic E-state index is 0.0728. The Morgan fingerprint density at radius 2 is 2.05 bits per heavy atom. The van der Waals surface area contributed by atoms with Gasteiger partial charge in [0.25, 0.3) is 5.69 Å². The Morgan fingerprint density at radius 1 is 1.37 bits per heavy atom. The van der Waals surface area contributed by atoms with Gasteiger partial charge in [0.15, 0.2) is 0 Å². The van der Waals surface area contributed by atoms with Crippen molar-refractivity contribution in [1.29, 1.82) is 0 Å². The summed E-state index contributed by atoms with van der Waals surface area (Å²) < 4.78 is 0. The summed E-state index contributed by atoms with van der Waals surface area (Å²) in [5, 5.41) is 12.9. The van der Waals surface area contributed by atoms with Crippen molar-refractivity contribution in [3.8, 4) is 0 Å². The van der Waals surface area contributed by atoms with E-state index in [0.29, 0.717) is 0 Å². The number of nitrogens with zero attached hydrogens (tertiary/aromatic N) is 1. The molecular weight excluding hydrogens is 254 g/mol. The van der Waals surface area contributed by atoms with E-state index in [0.717, 1.165) is 12.1 Å². The number of nitrogens with two attached hydrogens (primary N) is 1. The second-order valence-electron chi connectivity index (χ2n) is 4.10. The zero-order valence-electron chi connectivity index (χ0n) is 9.58. The smallest absolute Gasteiger partial charge is 0.270 e. The standard InChI is InChI=1S/C11H9N3O5/c12-10(16)6-1-5(2-7(3-6)14(18)19)8-4-9(15)13-11(8)17/h1-3,8H,4H2,(H2,12,16)(H,13,15,17). The number of benzene rings is 1. The summed E-state index contributed by atoms with van der Waals surface area (Å²) >= 11 is 0. The number of amides is 3. The number of imide groups is 1. The van der Waals surface area contributed by atoms with Crippen LogP contribution in [-0.4, -0.2) is 22.6 Å². The molecule has 1 unspecified atom stereocenters. The molecule has 1 aliphatic rings. The van der Waals surface area contributed by atoms with E-state index in [-0.39, 0.29) is 23.2 Å². The highest BCUT2D eigenvalue weighted by atomic mass is 16.6. The van der Waals surface area contributed by atoms with Gasteiger partial charge in [0.1, 0.15) is 0 Å². The average molecular weight is 263 g/mol. The maximum atomic E-state index is 11.5. The number of nitro benzene ring substituents is 1. The van der Waals surface area contributed by atoms with Gasteiger partial charge in [-0.1, -0.05) is 0 Å². The molecule has 0 bridgehead atoms. The quantitative estimate of drug-likeness (QED) is 0.443. The second kappa shape index (κ2) is 4.48. The fraction of sp³-hybridized carbons (Fsp3) is 0.182. The Morgan fingerprint density at radius 3 is 2.53 bits per heavy atom. The third kappa shape index (κ3) is 2.41. The second-order valence-corrected chi connectivity index (χ2v) is 4.10. The molecule has 19 heavy (non-hydrogen) atoms. The first kappa shape index (κ1) is 12.7. The van der Waals surface area contributed by atoms with Gasteiger partial charge in [0.05, 0.1) is 10.8 Å². The van der Waals surface area contributed by atoms with Crippen LogP contribution in [-0.2, 0) is 9.59 Å². The van der Waals surface area contributed by atoms with Crippen molar-refractivity contribution < 1.29 is 19.3 Å². The average Bonchev–Trinajstić information content (AvgIpc) is 2.67. The van der Waals surface area contributed by atoms with E-state index in [1.165, 1.54) is 6.07 Å². The molecule has 3 N–H and O–H groups in total. The van der Waals surface area contributed by atoms with Gasteiger partial charge in [0, 0.05) is 24.1 Å². The number of non-ortho nitro benzene ring substituents is 1. The van der Waals surface area contributed by atoms with Crippen molar-refractivity contribution in [2.75, 3.05) is 0 Å². The number of hydrogen-bond donors (Lipinski definition) is 2. The van der Waals surface area contributed by atoms with E-state index >= 15 is 0 Å². The molecule has 1 atom stereocenters. The van der Waals surface area contributed by atoms with Crippen LogP contribution >= 0.6 is 0 Å². The lowest BCUT2D eigenvalue weighted by Crippen LogP contribution is -2.21. The lowest BCUT2D eigenvalue weighted by Gasteiger charge is -2.07. The SMILES string of the molecule is NC(=O)c1cc(C2CC(=O)NC2=O)cc([N+](=O)[O-])c1. The number of nitro groups is 1. The minimum Gasteiger partial charge on any atom is -0.366 e. The van der Waals surface area contributed by atoms with Crippen LogP contribution in [0.5, 0.6) is 0 Å². The van der Waals surface area contributed by atoms with Gasteiger partial charge in [-0.05, 0) is 11.6 Å². The zero-order valence-corrected chi connectivity index (χ0v) is 9.58. The van der Waals surface area contributed by atoms with Crippen LogP contribution in [0.1, 0.15) is 28.3 Å². The minimum atomic E-state index is -0.838. The molecule has 0 radical (unpaired) electrons. The number of rotatable bonds is 3. The summed E-state index contributed by atoms with van der Waals surface area (Å²) in [6.07, 6.45) is -0.0990. The maximum absolute atomic E-state index is 11.5. The predicted molar refractivity (Wildman–Crippen MR) is 62.1 cm³/mol. The molecule has 1 heterocycles. The summed E-state index contributed by atoms with van der Waals surface area (Å²) in [5.41, 5.74) is 4.89. The van der Waals surface area contributed by atoms with E-state index < -0.39 is 28.6 Å². The van der Waals surface area contributed by atoms with Crippen LogP contribution in [0.3, 0.4) is 0 Å². The van der Waals surface area contributed by atoms with Crippen molar-refractivity contribution in [1.82, 2.24) is 5.32 Å². The molecule has 0 saturated carbocycles. The Kier molecular flexibility index (Phi) is 2.99. The highest BCUT2D eigenvalue weighted by molar-refractivity contribution is 6.06. The van der Waals surface area contributed by atoms with Crippen LogP contribution in [0.15, 0.2) is 18.2 Å². The third-order valence-corrected chi connectivity index (χ3v) is 2.81. The van der Waals surface area contributed by atoms with E-state index in [4.69, 9.17) is 5.73 Å². The Balaban J connectivity index is 2.50. The topological polar surface area (TPSA) is 132 Å². The van der Waals surface area contributed by atoms with Gasteiger partial charge >= 0.3 is 0 Å².